The predicted molar refractivity (Wildman–Crippen MR) is 59.3 cm³/mol. The highest BCUT2D eigenvalue weighted by molar-refractivity contribution is 5.98. The molecule has 100 valence electrons. The summed E-state index contributed by atoms with van der Waals surface area (Å²) in [4.78, 5) is 22.3. The lowest BCUT2D eigenvalue weighted by Gasteiger charge is -2.29. The van der Waals surface area contributed by atoms with Gasteiger partial charge in [-0.05, 0) is 20.3 Å². The Morgan fingerprint density at radius 1 is 1.18 bits per heavy atom. The molecule has 6 nitrogen and oxygen atoms in total. The van der Waals surface area contributed by atoms with E-state index < -0.39 is 22.8 Å². The third-order valence-corrected chi connectivity index (χ3v) is 2.98. The Kier molecular flexibility index (Phi) is 5.57. The van der Waals surface area contributed by atoms with Crippen LogP contribution in [0.3, 0.4) is 0 Å². The van der Waals surface area contributed by atoms with Gasteiger partial charge >= 0.3 is 11.9 Å². The standard InChI is InChI=1S/C11H20O6/c1-4-11(5-12,6-13)7-17-9(16)10(2,3)8(14)15/h12-13H,4-7H2,1-3H3,(H,14,15). The van der Waals surface area contributed by atoms with Crippen LogP contribution in [0.25, 0.3) is 0 Å². The number of carboxylic acids is 1. The van der Waals surface area contributed by atoms with Gasteiger partial charge in [0, 0.05) is 0 Å². The minimum Gasteiger partial charge on any atom is -0.480 e. The van der Waals surface area contributed by atoms with E-state index in [0.717, 1.165) is 0 Å². The Labute approximate surface area is 100 Å². The average Bonchev–Trinajstić information content (AvgIpc) is 2.31. The molecule has 0 heterocycles. The number of carbonyl (C=O) groups is 2. The lowest BCUT2D eigenvalue weighted by atomic mass is 9.88. The van der Waals surface area contributed by atoms with Crippen LogP contribution in [0.4, 0.5) is 0 Å². The second-order valence-electron chi connectivity index (χ2n) is 4.68. The lowest BCUT2D eigenvalue weighted by Crippen LogP contribution is -2.40. The molecule has 0 aromatic carbocycles. The van der Waals surface area contributed by atoms with Gasteiger partial charge in [-0.1, -0.05) is 6.92 Å². The first-order valence-corrected chi connectivity index (χ1v) is 5.38. The van der Waals surface area contributed by atoms with Crippen LogP contribution >= 0.6 is 0 Å². The summed E-state index contributed by atoms with van der Waals surface area (Å²) in [5.41, 5.74) is -2.55. The highest BCUT2D eigenvalue weighted by Gasteiger charge is 2.39. The molecule has 0 fully saturated rings. The first-order valence-electron chi connectivity index (χ1n) is 5.38. The first-order chi connectivity index (χ1) is 7.75. The summed E-state index contributed by atoms with van der Waals surface area (Å²) in [5, 5.41) is 27.1. The van der Waals surface area contributed by atoms with Crippen LogP contribution in [0.5, 0.6) is 0 Å². The van der Waals surface area contributed by atoms with Gasteiger partial charge in [0.25, 0.3) is 0 Å². The molecule has 0 amide bonds. The maximum Gasteiger partial charge on any atom is 0.322 e. The summed E-state index contributed by atoms with van der Waals surface area (Å²) in [6.45, 7) is 3.35. The minimum atomic E-state index is -1.63. The fourth-order valence-electron chi connectivity index (χ4n) is 0.953. The van der Waals surface area contributed by atoms with Crippen molar-refractivity contribution in [2.24, 2.45) is 10.8 Å². The quantitative estimate of drug-likeness (QED) is 0.433. The molecule has 0 bridgehead atoms. The van der Waals surface area contributed by atoms with Gasteiger partial charge in [-0.3, -0.25) is 9.59 Å². The Bertz CT molecular complexity index is 271. The van der Waals surface area contributed by atoms with E-state index in [1.54, 1.807) is 6.92 Å². The molecule has 0 unspecified atom stereocenters. The monoisotopic (exact) mass is 248 g/mol. The maximum absolute atomic E-state index is 11.5. The lowest BCUT2D eigenvalue weighted by molar-refractivity contribution is -0.170. The average molecular weight is 248 g/mol. The SMILES string of the molecule is CCC(CO)(CO)COC(=O)C(C)(C)C(=O)O. The number of hydrogen-bond acceptors (Lipinski definition) is 5. The van der Waals surface area contributed by atoms with Crippen molar-refractivity contribution < 1.29 is 29.6 Å². The third-order valence-electron chi connectivity index (χ3n) is 2.98. The van der Waals surface area contributed by atoms with E-state index in [2.05, 4.69) is 0 Å². The topological polar surface area (TPSA) is 104 Å². The zero-order chi connectivity index (χ0) is 13.7. The summed E-state index contributed by atoms with van der Waals surface area (Å²) in [7, 11) is 0. The van der Waals surface area contributed by atoms with E-state index in [-0.39, 0.29) is 19.8 Å². The highest BCUT2D eigenvalue weighted by Crippen LogP contribution is 2.24. The molecule has 0 rings (SSSR count). The predicted octanol–water partition coefficient (Wildman–Crippen LogP) is 0.0214. The Morgan fingerprint density at radius 2 is 1.65 bits per heavy atom. The number of carbonyl (C=O) groups excluding carboxylic acids is 1. The van der Waals surface area contributed by atoms with E-state index in [9.17, 15) is 9.59 Å². The van der Waals surface area contributed by atoms with Gasteiger partial charge in [-0.25, -0.2) is 0 Å². The Morgan fingerprint density at radius 3 is 1.94 bits per heavy atom. The van der Waals surface area contributed by atoms with E-state index in [0.29, 0.717) is 6.42 Å². The van der Waals surface area contributed by atoms with Gasteiger partial charge in [0.15, 0.2) is 5.41 Å². The van der Waals surface area contributed by atoms with Crippen molar-refractivity contribution in [1.82, 2.24) is 0 Å². The van der Waals surface area contributed by atoms with Crippen LogP contribution in [0, 0.1) is 10.8 Å². The van der Waals surface area contributed by atoms with Crippen molar-refractivity contribution in [3.63, 3.8) is 0 Å². The van der Waals surface area contributed by atoms with Crippen molar-refractivity contribution in [1.29, 1.82) is 0 Å². The number of carboxylic acid groups (broad SMARTS) is 1. The second kappa shape index (κ2) is 5.97. The number of aliphatic carboxylic acids is 1. The van der Waals surface area contributed by atoms with Crippen LogP contribution < -0.4 is 0 Å². The maximum atomic E-state index is 11.5. The first kappa shape index (κ1) is 15.9. The molecule has 0 aliphatic heterocycles. The molecule has 0 saturated heterocycles. The highest BCUT2D eigenvalue weighted by atomic mass is 16.5. The molecule has 6 heteroatoms. The second-order valence-corrected chi connectivity index (χ2v) is 4.68. The Balaban J connectivity index is 4.57. The fraction of sp³-hybridized carbons (Fsp3) is 0.818. The molecule has 0 aliphatic carbocycles. The summed E-state index contributed by atoms with van der Waals surface area (Å²) in [5.74, 6) is -2.16. The number of esters is 1. The van der Waals surface area contributed by atoms with E-state index in [1.165, 1.54) is 13.8 Å². The van der Waals surface area contributed by atoms with Gasteiger partial charge in [0.2, 0.25) is 0 Å². The summed E-state index contributed by atoms with van der Waals surface area (Å²) < 4.78 is 4.87. The number of ether oxygens (including phenoxy) is 1. The molecule has 0 aromatic rings. The molecule has 17 heavy (non-hydrogen) atoms. The van der Waals surface area contributed by atoms with Crippen LogP contribution in [-0.2, 0) is 14.3 Å². The van der Waals surface area contributed by atoms with E-state index in [4.69, 9.17) is 20.1 Å². The van der Waals surface area contributed by atoms with E-state index >= 15 is 0 Å². The molecule has 0 radical (unpaired) electrons. The van der Waals surface area contributed by atoms with Gasteiger partial charge in [0.1, 0.15) is 6.61 Å². The molecule has 3 N–H and O–H groups in total. The molecule has 0 aliphatic rings. The number of aliphatic hydroxyl groups is 2. The van der Waals surface area contributed by atoms with E-state index in [1.807, 2.05) is 0 Å². The van der Waals surface area contributed by atoms with Crippen LogP contribution in [-0.4, -0.2) is 47.1 Å². The minimum absolute atomic E-state index is 0.202. The van der Waals surface area contributed by atoms with Crippen molar-refractivity contribution >= 4 is 11.9 Å². The molecule has 0 atom stereocenters. The largest absolute Gasteiger partial charge is 0.480 e. The van der Waals surface area contributed by atoms with Gasteiger partial charge in [-0.2, -0.15) is 0 Å². The van der Waals surface area contributed by atoms with Crippen molar-refractivity contribution in [2.45, 2.75) is 27.2 Å². The smallest absolute Gasteiger partial charge is 0.322 e. The Hall–Kier alpha value is -1.14. The number of aliphatic hydroxyl groups excluding tert-OH is 2. The van der Waals surface area contributed by atoms with Crippen molar-refractivity contribution in [3.05, 3.63) is 0 Å². The number of hydrogen-bond donors (Lipinski definition) is 3. The summed E-state index contributed by atoms with van der Waals surface area (Å²) >= 11 is 0. The molecular weight excluding hydrogens is 228 g/mol. The van der Waals surface area contributed by atoms with Gasteiger partial charge < -0.3 is 20.1 Å². The van der Waals surface area contributed by atoms with Crippen LogP contribution in [0.15, 0.2) is 0 Å². The van der Waals surface area contributed by atoms with Gasteiger partial charge in [0.05, 0.1) is 18.6 Å². The van der Waals surface area contributed by atoms with Gasteiger partial charge in [-0.15, -0.1) is 0 Å². The van der Waals surface area contributed by atoms with Crippen molar-refractivity contribution in [3.8, 4) is 0 Å². The molecule has 0 saturated carbocycles. The summed E-state index contributed by atoms with van der Waals surface area (Å²) in [6, 6.07) is 0. The number of rotatable bonds is 7. The van der Waals surface area contributed by atoms with Crippen LogP contribution in [0.1, 0.15) is 27.2 Å². The molecule has 0 aromatic heterocycles. The van der Waals surface area contributed by atoms with Crippen molar-refractivity contribution in [2.75, 3.05) is 19.8 Å². The zero-order valence-corrected chi connectivity index (χ0v) is 10.4. The molecular formula is C11H20O6. The summed E-state index contributed by atoms with van der Waals surface area (Å²) in [6.07, 6.45) is 0.417. The fourth-order valence-corrected chi connectivity index (χ4v) is 0.953. The normalized spacial score (nSPS) is 12.3. The third kappa shape index (κ3) is 3.67. The van der Waals surface area contributed by atoms with Crippen LogP contribution in [0.2, 0.25) is 0 Å². The molecule has 0 spiro atoms. The zero-order valence-electron chi connectivity index (χ0n) is 10.4.